The molecule has 0 amide bonds. The summed E-state index contributed by atoms with van der Waals surface area (Å²) in [4.78, 5) is 0. The third-order valence-corrected chi connectivity index (χ3v) is 9.78. The molecule has 0 aliphatic carbocycles. The van der Waals surface area contributed by atoms with E-state index in [1.165, 1.54) is 16.3 Å². The van der Waals surface area contributed by atoms with E-state index in [2.05, 4.69) is 32.0 Å². The van der Waals surface area contributed by atoms with Crippen LogP contribution in [0.3, 0.4) is 0 Å². The van der Waals surface area contributed by atoms with Crippen LogP contribution in [0.4, 0.5) is 0 Å². The molecular weight excluding hydrogens is 272 g/mol. The molecule has 1 saturated heterocycles. The lowest BCUT2D eigenvalue weighted by Crippen LogP contribution is -2.43. The first-order valence-corrected chi connectivity index (χ1v) is 10.2. The predicted molar refractivity (Wildman–Crippen MR) is 72.7 cm³/mol. The normalized spacial score (nSPS) is 27.0. The van der Waals surface area contributed by atoms with E-state index in [4.69, 9.17) is 16.5 Å². The Labute approximate surface area is 104 Å². The molecule has 1 aliphatic heterocycles. The third kappa shape index (κ3) is 3.21. The van der Waals surface area contributed by atoms with E-state index in [1.807, 2.05) is 0 Å². The van der Waals surface area contributed by atoms with Crippen LogP contribution in [0.1, 0.15) is 11.1 Å². The summed E-state index contributed by atoms with van der Waals surface area (Å²) < 4.78 is 22.5. The van der Waals surface area contributed by atoms with Crippen molar-refractivity contribution in [3.8, 4) is 0 Å². The standard InChI is InChI=1S/C8H16O4Si4/c1-6-3-4-8(7(2)5-6)16-11-14-9-13-10-15-12-16/h3-5,16H,13-15H2,1-2H3. The second-order valence-electron chi connectivity index (χ2n) is 3.79. The van der Waals surface area contributed by atoms with E-state index in [0.717, 1.165) is 0 Å². The van der Waals surface area contributed by atoms with Gasteiger partial charge in [0.2, 0.25) is 0 Å². The van der Waals surface area contributed by atoms with Crippen molar-refractivity contribution in [2.24, 2.45) is 0 Å². The number of hydrogen-bond acceptors (Lipinski definition) is 4. The largest absolute Gasteiger partial charge is 0.425 e. The molecule has 16 heavy (non-hydrogen) atoms. The maximum atomic E-state index is 5.81. The molecule has 0 radical (unpaired) electrons. The molecule has 1 aromatic rings. The summed E-state index contributed by atoms with van der Waals surface area (Å²) in [5.41, 5.74) is 2.54. The van der Waals surface area contributed by atoms with Crippen LogP contribution in [0, 0.1) is 13.8 Å². The monoisotopic (exact) mass is 288 g/mol. The lowest BCUT2D eigenvalue weighted by atomic mass is 10.2. The van der Waals surface area contributed by atoms with Crippen LogP contribution in [-0.4, -0.2) is 39.3 Å². The zero-order valence-corrected chi connectivity index (χ0v) is 15.0. The molecule has 0 unspecified atom stereocenters. The molecule has 1 aliphatic rings. The molecule has 4 nitrogen and oxygen atoms in total. The van der Waals surface area contributed by atoms with Crippen molar-refractivity contribution in [2.75, 3.05) is 0 Å². The van der Waals surface area contributed by atoms with Gasteiger partial charge >= 0.3 is 9.28 Å². The summed E-state index contributed by atoms with van der Waals surface area (Å²) in [6, 6.07) is 6.41. The molecule has 0 bridgehead atoms. The van der Waals surface area contributed by atoms with Gasteiger partial charge in [0.1, 0.15) is 0 Å². The lowest BCUT2D eigenvalue weighted by molar-refractivity contribution is 0.337. The van der Waals surface area contributed by atoms with Gasteiger partial charge in [-0.3, -0.25) is 0 Å². The van der Waals surface area contributed by atoms with E-state index < -0.39 is 39.3 Å². The van der Waals surface area contributed by atoms with Crippen LogP contribution in [0.25, 0.3) is 0 Å². The predicted octanol–water partition coefficient (Wildman–Crippen LogP) is -2.19. The highest BCUT2D eigenvalue weighted by atomic mass is 28.4. The van der Waals surface area contributed by atoms with Crippen LogP contribution in [-0.2, 0) is 16.5 Å². The van der Waals surface area contributed by atoms with E-state index in [0.29, 0.717) is 0 Å². The molecule has 1 aromatic carbocycles. The van der Waals surface area contributed by atoms with Crippen molar-refractivity contribution in [3.63, 3.8) is 0 Å². The minimum atomic E-state index is -1.72. The molecule has 0 spiro atoms. The first-order chi connectivity index (χ1) is 7.77. The Hall–Kier alpha value is -0.0725. The maximum absolute atomic E-state index is 5.81. The van der Waals surface area contributed by atoms with Gasteiger partial charge in [-0.2, -0.15) is 0 Å². The molecule has 2 rings (SSSR count). The van der Waals surface area contributed by atoms with E-state index >= 15 is 0 Å². The summed E-state index contributed by atoms with van der Waals surface area (Å²) in [6.07, 6.45) is 0. The van der Waals surface area contributed by atoms with Gasteiger partial charge in [-0.25, -0.2) is 0 Å². The second-order valence-corrected chi connectivity index (χ2v) is 11.7. The zero-order chi connectivity index (χ0) is 11.4. The molecule has 88 valence electrons. The fourth-order valence-electron chi connectivity index (χ4n) is 1.66. The van der Waals surface area contributed by atoms with Gasteiger partial charge < -0.3 is 16.5 Å². The van der Waals surface area contributed by atoms with Crippen LogP contribution < -0.4 is 5.19 Å². The molecular formula is C8H16O4Si4. The van der Waals surface area contributed by atoms with Crippen molar-refractivity contribution >= 4 is 44.5 Å². The maximum Gasteiger partial charge on any atom is 0.337 e. The average Bonchev–Trinajstić information content (AvgIpc) is 2.19. The summed E-state index contributed by atoms with van der Waals surface area (Å²) >= 11 is 0. The fourth-order valence-corrected chi connectivity index (χ4v) is 10.6. The van der Waals surface area contributed by atoms with E-state index in [-0.39, 0.29) is 0 Å². The van der Waals surface area contributed by atoms with Crippen molar-refractivity contribution in [1.82, 2.24) is 0 Å². The molecule has 0 aromatic heterocycles. The topological polar surface area (TPSA) is 36.9 Å². The highest BCUT2D eigenvalue weighted by Crippen LogP contribution is 2.03. The molecule has 1 fully saturated rings. The van der Waals surface area contributed by atoms with Crippen molar-refractivity contribution in [1.29, 1.82) is 0 Å². The van der Waals surface area contributed by atoms with Gasteiger partial charge in [0.25, 0.3) is 30.0 Å². The van der Waals surface area contributed by atoms with Crippen molar-refractivity contribution in [3.05, 3.63) is 29.3 Å². The van der Waals surface area contributed by atoms with Gasteiger partial charge in [-0.1, -0.05) is 23.8 Å². The van der Waals surface area contributed by atoms with Crippen molar-refractivity contribution < 1.29 is 16.5 Å². The SMILES string of the molecule is Cc1ccc([SiH]2O[SiH2]O[SiH2]O[SiH2]O2)c(C)c1. The summed E-state index contributed by atoms with van der Waals surface area (Å²) in [5.74, 6) is 0. The number of benzene rings is 1. The van der Waals surface area contributed by atoms with Crippen LogP contribution in [0.15, 0.2) is 18.2 Å². The fraction of sp³-hybridized carbons (Fsp3) is 0.250. The van der Waals surface area contributed by atoms with E-state index in [1.54, 1.807) is 0 Å². The van der Waals surface area contributed by atoms with Gasteiger partial charge in [-0.15, -0.1) is 0 Å². The Bertz CT molecular complexity index is 354. The molecule has 1 heterocycles. The minimum absolute atomic E-state index is 0.771. The molecule has 0 N–H and O–H groups in total. The summed E-state index contributed by atoms with van der Waals surface area (Å²) in [5, 5.41) is 1.24. The zero-order valence-electron chi connectivity index (χ0n) is 9.56. The van der Waals surface area contributed by atoms with Gasteiger partial charge in [0, 0.05) is 0 Å². The van der Waals surface area contributed by atoms with Crippen LogP contribution in [0.2, 0.25) is 0 Å². The highest BCUT2D eigenvalue weighted by Gasteiger charge is 2.20. The third-order valence-electron chi connectivity index (χ3n) is 2.45. The Kier molecular flexibility index (Phi) is 4.66. The minimum Gasteiger partial charge on any atom is -0.425 e. The first-order valence-electron chi connectivity index (χ1n) is 5.23. The quantitative estimate of drug-likeness (QED) is 0.550. The highest BCUT2D eigenvalue weighted by molar-refractivity contribution is 6.70. The van der Waals surface area contributed by atoms with Gasteiger partial charge in [0.15, 0.2) is 0 Å². The smallest absolute Gasteiger partial charge is 0.337 e. The van der Waals surface area contributed by atoms with E-state index in [9.17, 15) is 0 Å². The Morgan fingerprint density at radius 3 is 2.31 bits per heavy atom. The Morgan fingerprint density at radius 2 is 1.69 bits per heavy atom. The lowest BCUT2D eigenvalue weighted by Gasteiger charge is -2.22. The van der Waals surface area contributed by atoms with Crippen LogP contribution in [0.5, 0.6) is 0 Å². The van der Waals surface area contributed by atoms with Gasteiger partial charge in [0.05, 0.1) is 0 Å². The van der Waals surface area contributed by atoms with Crippen LogP contribution >= 0.6 is 0 Å². The number of aryl methyl sites for hydroxylation is 2. The number of rotatable bonds is 1. The molecule has 8 heteroatoms. The Balaban J connectivity index is 2.14. The Morgan fingerprint density at radius 1 is 1.00 bits per heavy atom. The summed E-state index contributed by atoms with van der Waals surface area (Å²) in [6.45, 7) is 4.21. The average molecular weight is 289 g/mol. The van der Waals surface area contributed by atoms with Gasteiger partial charge in [-0.05, 0) is 24.6 Å². The number of hydrogen-bond donors (Lipinski definition) is 0. The molecule has 0 atom stereocenters. The second kappa shape index (κ2) is 6.02. The first kappa shape index (κ1) is 12.4. The summed E-state index contributed by atoms with van der Waals surface area (Å²) in [7, 11) is -4.23. The molecule has 0 saturated carbocycles. The van der Waals surface area contributed by atoms with Crippen molar-refractivity contribution in [2.45, 2.75) is 13.8 Å².